The van der Waals surface area contributed by atoms with Crippen molar-refractivity contribution >= 4 is 27.7 Å². The minimum atomic E-state index is -3.65. The van der Waals surface area contributed by atoms with Crippen LogP contribution in [0.4, 0.5) is 0 Å². The lowest BCUT2D eigenvalue weighted by Crippen LogP contribution is -2.43. The maximum Gasteiger partial charge on any atom is 0.243 e. The first kappa shape index (κ1) is 22.9. The van der Waals surface area contributed by atoms with Gasteiger partial charge in [0, 0.05) is 43.6 Å². The molecule has 2 aliphatic rings. The molecule has 0 saturated carbocycles. The maximum atomic E-state index is 13.1. The number of piperidine rings is 1. The molecule has 7 nitrogen and oxygen atoms in total. The zero-order valence-corrected chi connectivity index (χ0v) is 20.0. The summed E-state index contributed by atoms with van der Waals surface area (Å²) >= 11 is 1.69. The number of rotatable bonds is 6. The van der Waals surface area contributed by atoms with Gasteiger partial charge in [0.1, 0.15) is 13.2 Å². The Morgan fingerprint density at radius 1 is 1.06 bits per heavy atom. The lowest BCUT2D eigenvalue weighted by atomic mass is 9.96. The number of fused-ring (bicyclic) bond motifs is 1. The van der Waals surface area contributed by atoms with E-state index in [2.05, 4.69) is 12.1 Å². The molecule has 0 N–H and O–H groups in total. The summed E-state index contributed by atoms with van der Waals surface area (Å²) in [5.74, 6) is 0.910. The first-order valence-electron chi connectivity index (χ1n) is 10.7. The molecule has 9 heteroatoms. The Morgan fingerprint density at radius 3 is 2.38 bits per heavy atom. The van der Waals surface area contributed by atoms with Crippen LogP contribution in [0.2, 0.25) is 0 Å². The average molecular weight is 477 g/mol. The highest BCUT2D eigenvalue weighted by Gasteiger charge is 2.33. The molecule has 2 aromatic rings. The summed E-state index contributed by atoms with van der Waals surface area (Å²) in [6.07, 6.45) is 3.06. The monoisotopic (exact) mass is 476 g/mol. The van der Waals surface area contributed by atoms with Crippen LogP contribution in [-0.4, -0.2) is 63.1 Å². The Bertz CT molecular complexity index is 1060. The SMILES string of the molecule is CSc1ccc(CN(C)C(=O)C2CCN(S(=O)(=O)c3ccc4c(c3)OCCO4)CC2)cc1. The Kier molecular flexibility index (Phi) is 6.97. The third-order valence-electron chi connectivity index (χ3n) is 5.91. The van der Waals surface area contributed by atoms with Crippen LogP contribution in [0.15, 0.2) is 52.3 Å². The van der Waals surface area contributed by atoms with Crippen molar-refractivity contribution in [1.29, 1.82) is 0 Å². The summed E-state index contributed by atoms with van der Waals surface area (Å²) in [5, 5.41) is 0. The van der Waals surface area contributed by atoms with E-state index < -0.39 is 10.0 Å². The fourth-order valence-corrected chi connectivity index (χ4v) is 5.96. The van der Waals surface area contributed by atoms with Crippen molar-refractivity contribution in [3.8, 4) is 11.5 Å². The number of carbonyl (C=O) groups is 1. The molecule has 1 fully saturated rings. The fourth-order valence-electron chi connectivity index (χ4n) is 4.07. The summed E-state index contributed by atoms with van der Waals surface area (Å²) in [6, 6.07) is 12.9. The Hall–Kier alpha value is -2.23. The molecule has 2 heterocycles. The second kappa shape index (κ2) is 9.72. The molecular weight excluding hydrogens is 448 g/mol. The second-order valence-corrected chi connectivity index (χ2v) is 10.8. The lowest BCUT2D eigenvalue weighted by molar-refractivity contribution is -0.135. The van der Waals surface area contributed by atoms with Crippen molar-refractivity contribution in [1.82, 2.24) is 9.21 Å². The van der Waals surface area contributed by atoms with Gasteiger partial charge in [0.05, 0.1) is 4.90 Å². The predicted octanol–water partition coefficient (Wildman–Crippen LogP) is 3.24. The molecular formula is C23H28N2O5S2. The van der Waals surface area contributed by atoms with Gasteiger partial charge in [0.15, 0.2) is 11.5 Å². The number of carbonyl (C=O) groups excluding carboxylic acids is 1. The highest BCUT2D eigenvalue weighted by molar-refractivity contribution is 7.98. The second-order valence-electron chi connectivity index (χ2n) is 8.03. The van der Waals surface area contributed by atoms with E-state index in [1.165, 1.54) is 15.3 Å². The van der Waals surface area contributed by atoms with Gasteiger partial charge in [-0.15, -0.1) is 11.8 Å². The standard InChI is InChI=1S/C23H28N2O5S2/c1-24(16-17-3-5-19(31-2)6-4-17)23(26)18-9-11-25(12-10-18)32(27,28)20-7-8-21-22(15-20)30-14-13-29-21/h3-8,15,18H,9-14,16H2,1-2H3. The van der Waals surface area contributed by atoms with E-state index in [0.717, 1.165) is 5.56 Å². The minimum Gasteiger partial charge on any atom is -0.486 e. The third-order valence-corrected chi connectivity index (χ3v) is 8.55. The van der Waals surface area contributed by atoms with Gasteiger partial charge in [-0.05, 0) is 48.9 Å². The molecule has 4 rings (SSSR count). The van der Waals surface area contributed by atoms with E-state index in [1.54, 1.807) is 28.8 Å². The number of sulfonamides is 1. The van der Waals surface area contributed by atoms with Crippen molar-refractivity contribution in [2.24, 2.45) is 5.92 Å². The Morgan fingerprint density at radius 2 is 1.72 bits per heavy atom. The van der Waals surface area contributed by atoms with E-state index in [1.807, 2.05) is 25.4 Å². The number of hydrogen-bond donors (Lipinski definition) is 0. The molecule has 0 aromatic heterocycles. The summed E-state index contributed by atoms with van der Waals surface area (Å²) in [4.78, 5) is 16.1. The van der Waals surface area contributed by atoms with Gasteiger partial charge in [0.2, 0.25) is 15.9 Å². The fraction of sp³-hybridized carbons (Fsp3) is 0.435. The van der Waals surface area contributed by atoms with E-state index in [9.17, 15) is 13.2 Å². The van der Waals surface area contributed by atoms with E-state index >= 15 is 0 Å². The van der Waals surface area contributed by atoms with Crippen molar-refractivity contribution in [3.05, 3.63) is 48.0 Å². The molecule has 0 radical (unpaired) electrons. The number of ether oxygens (including phenoxy) is 2. The molecule has 0 atom stereocenters. The average Bonchev–Trinajstić information content (AvgIpc) is 2.83. The molecule has 1 saturated heterocycles. The van der Waals surface area contributed by atoms with Crippen LogP contribution in [0.25, 0.3) is 0 Å². The summed E-state index contributed by atoms with van der Waals surface area (Å²) in [6.45, 7) is 2.05. The van der Waals surface area contributed by atoms with E-state index in [-0.39, 0.29) is 16.7 Å². The molecule has 0 unspecified atom stereocenters. The number of nitrogens with zero attached hydrogens (tertiary/aromatic N) is 2. The number of benzene rings is 2. The van der Waals surface area contributed by atoms with Gasteiger partial charge in [-0.2, -0.15) is 4.31 Å². The molecule has 172 valence electrons. The van der Waals surface area contributed by atoms with E-state index in [4.69, 9.17) is 9.47 Å². The van der Waals surface area contributed by atoms with Crippen LogP contribution in [0, 0.1) is 5.92 Å². The normalized spacial score (nSPS) is 17.2. The predicted molar refractivity (Wildman–Crippen MR) is 124 cm³/mol. The van der Waals surface area contributed by atoms with Gasteiger partial charge in [-0.1, -0.05) is 12.1 Å². The van der Waals surface area contributed by atoms with E-state index in [0.29, 0.717) is 57.2 Å². The van der Waals surface area contributed by atoms with Crippen LogP contribution in [0.3, 0.4) is 0 Å². The number of hydrogen-bond acceptors (Lipinski definition) is 6. The molecule has 2 aliphatic heterocycles. The van der Waals surface area contributed by atoms with Crippen LogP contribution in [0.5, 0.6) is 11.5 Å². The zero-order chi connectivity index (χ0) is 22.7. The van der Waals surface area contributed by atoms with Gasteiger partial charge in [-0.3, -0.25) is 4.79 Å². The molecule has 0 spiro atoms. The quantitative estimate of drug-likeness (QED) is 0.596. The third kappa shape index (κ3) is 4.89. The molecule has 0 bridgehead atoms. The number of thioether (sulfide) groups is 1. The molecule has 0 aliphatic carbocycles. The van der Waals surface area contributed by atoms with Gasteiger partial charge >= 0.3 is 0 Å². The van der Waals surface area contributed by atoms with Crippen molar-refractivity contribution in [2.75, 3.05) is 39.6 Å². The summed E-state index contributed by atoms with van der Waals surface area (Å²) < 4.78 is 38.7. The number of amides is 1. The largest absolute Gasteiger partial charge is 0.486 e. The first-order chi connectivity index (χ1) is 15.4. The van der Waals surface area contributed by atoms with Gasteiger partial charge in [0.25, 0.3) is 0 Å². The van der Waals surface area contributed by atoms with Gasteiger partial charge < -0.3 is 14.4 Å². The Balaban J connectivity index is 1.36. The highest BCUT2D eigenvalue weighted by Crippen LogP contribution is 2.34. The van der Waals surface area contributed by atoms with Crippen LogP contribution in [-0.2, 0) is 21.4 Å². The maximum absolute atomic E-state index is 13.1. The van der Waals surface area contributed by atoms with Crippen LogP contribution in [0.1, 0.15) is 18.4 Å². The zero-order valence-electron chi connectivity index (χ0n) is 18.3. The first-order valence-corrected chi connectivity index (χ1v) is 13.3. The smallest absolute Gasteiger partial charge is 0.243 e. The molecule has 32 heavy (non-hydrogen) atoms. The lowest BCUT2D eigenvalue weighted by Gasteiger charge is -2.32. The van der Waals surface area contributed by atoms with Gasteiger partial charge in [-0.25, -0.2) is 8.42 Å². The summed E-state index contributed by atoms with van der Waals surface area (Å²) in [5.41, 5.74) is 1.08. The Labute approximate surface area is 193 Å². The molecule has 2 aromatic carbocycles. The minimum absolute atomic E-state index is 0.0651. The van der Waals surface area contributed by atoms with Crippen molar-refractivity contribution < 1.29 is 22.7 Å². The van der Waals surface area contributed by atoms with Crippen molar-refractivity contribution in [3.63, 3.8) is 0 Å². The summed E-state index contributed by atoms with van der Waals surface area (Å²) in [7, 11) is -1.84. The van der Waals surface area contributed by atoms with Crippen LogP contribution >= 0.6 is 11.8 Å². The van der Waals surface area contributed by atoms with Crippen LogP contribution < -0.4 is 9.47 Å². The highest BCUT2D eigenvalue weighted by atomic mass is 32.2. The van der Waals surface area contributed by atoms with Crippen molar-refractivity contribution in [2.45, 2.75) is 29.2 Å². The topological polar surface area (TPSA) is 76.2 Å². The molecule has 1 amide bonds.